The van der Waals surface area contributed by atoms with Gasteiger partial charge in [-0.05, 0) is 18.1 Å². The second-order valence-electron chi connectivity index (χ2n) is 6.44. The highest BCUT2D eigenvalue weighted by Gasteiger charge is 2.31. The van der Waals surface area contributed by atoms with E-state index in [0.717, 1.165) is 19.6 Å². The van der Waals surface area contributed by atoms with Crippen molar-refractivity contribution in [3.05, 3.63) is 71.8 Å². The van der Waals surface area contributed by atoms with E-state index in [4.69, 9.17) is 5.11 Å². The van der Waals surface area contributed by atoms with Gasteiger partial charge in [0.1, 0.15) is 0 Å². The van der Waals surface area contributed by atoms with E-state index in [-0.39, 0.29) is 12.6 Å². The molecule has 0 amide bonds. The fourth-order valence-corrected chi connectivity index (χ4v) is 3.61. The van der Waals surface area contributed by atoms with Crippen molar-refractivity contribution in [2.45, 2.75) is 19.0 Å². The van der Waals surface area contributed by atoms with E-state index < -0.39 is 5.97 Å². The Morgan fingerprint density at radius 1 is 1.04 bits per heavy atom. The van der Waals surface area contributed by atoms with Crippen LogP contribution in [-0.2, 0) is 4.79 Å². The molecule has 4 nitrogen and oxygen atoms in total. The minimum absolute atomic E-state index is 0.125. The van der Waals surface area contributed by atoms with Crippen molar-refractivity contribution in [2.24, 2.45) is 0 Å². The zero-order valence-corrected chi connectivity index (χ0v) is 14.0. The first-order valence-electron chi connectivity index (χ1n) is 8.45. The number of hydrogen-bond acceptors (Lipinski definition) is 3. The molecule has 0 aromatic heterocycles. The van der Waals surface area contributed by atoms with Crippen molar-refractivity contribution in [3.63, 3.8) is 0 Å². The molecule has 1 aliphatic heterocycles. The molecule has 0 unspecified atom stereocenters. The van der Waals surface area contributed by atoms with Gasteiger partial charge in [-0.2, -0.15) is 0 Å². The van der Waals surface area contributed by atoms with Crippen LogP contribution in [-0.4, -0.2) is 53.1 Å². The van der Waals surface area contributed by atoms with E-state index in [1.54, 1.807) is 0 Å². The summed E-state index contributed by atoms with van der Waals surface area (Å²) in [6.07, 6.45) is 0. The molecule has 126 valence electrons. The van der Waals surface area contributed by atoms with Gasteiger partial charge >= 0.3 is 5.97 Å². The van der Waals surface area contributed by atoms with Gasteiger partial charge in [0.15, 0.2) is 0 Å². The third-order valence-corrected chi connectivity index (χ3v) is 4.68. The molecule has 0 aliphatic carbocycles. The zero-order chi connectivity index (χ0) is 16.9. The van der Waals surface area contributed by atoms with Crippen molar-refractivity contribution in [2.75, 3.05) is 26.2 Å². The number of nitrogens with zero attached hydrogens (tertiary/aromatic N) is 2. The molecule has 3 rings (SSSR count). The van der Waals surface area contributed by atoms with Crippen LogP contribution in [0.25, 0.3) is 0 Å². The molecule has 0 bridgehead atoms. The first-order valence-corrected chi connectivity index (χ1v) is 8.45. The van der Waals surface area contributed by atoms with Crippen molar-refractivity contribution >= 4 is 5.97 Å². The lowest BCUT2D eigenvalue weighted by Gasteiger charge is -2.44. The first-order chi connectivity index (χ1) is 11.6. The van der Waals surface area contributed by atoms with E-state index in [1.165, 1.54) is 11.1 Å². The number of hydrogen-bond donors (Lipinski definition) is 1. The number of aliphatic carboxylic acids is 1. The number of carboxylic acid groups (broad SMARTS) is 1. The van der Waals surface area contributed by atoms with E-state index in [2.05, 4.69) is 60.4 Å². The van der Waals surface area contributed by atoms with Crippen LogP contribution in [0.2, 0.25) is 0 Å². The Balaban J connectivity index is 1.86. The molecule has 1 N–H and O–H groups in total. The normalized spacial score (nSPS) is 19.5. The van der Waals surface area contributed by atoms with Crippen LogP contribution in [0.5, 0.6) is 0 Å². The van der Waals surface area contributed by atoms with Gasteiger partial charge < -0.3 is 5.11 Å². The van der Waals surface area contributed by atoms with E-state index >= 15 is 0 Å². The Bertz CT molecular complexity index is 620. The van der Waals surface area contributed by atoms with E-state index in [0.29, 0.717) is 6.04 Å². The summed E-state index contributed by atoms with van der Waals surface area (Å²) in [5.41, 5.74) is 2.56. The minimum Gasteiger partial charge on any atom is -0.480 e. The summed E-state index contributed by atoms with van der Waals surface area (Å²) in [4.78, 5) is 15.5. The molecule has 1 fully saturated rings. The zero-order valence-electron chi connectivity index (χ0n) is 14.0. The highest BCUT2D eigenvalue weighted by molar-refractivity contribution is 5.69. The van der Waals surface area contributed by atoms with Gasteiger partial charge in [-0.25, -0.2) is 0 Å². The van der Waals surface area contributed by atoms with Crippen LogP contribution in [0, 0.1) is 0 Å². The van der Waals surface area contributed by atoms with Crippen LogP contribution in [0.1, 0.15) is 24.1 Å². The topological polar surface area (TPSA) is 43.8 Å². The lowest BCUT2D eigenvalue weighted by atomic mass is 9.95. The Morgan fingerprint density at radius 3 is 2.04 bits per heavy atom. The number of rotatable bonds is 5. The predicted molar refractivity (Wildman–Crippen MR) is 95.0 cm³/mol. The SMILES string of the molecule is C[C@H]1CN(CC(=O)O)CCN1C(c1ccccc1)c1ccccc1. The Labute approximate surface area is 143 Å². The van der Waals surface area contributed by atoms with Crippen molar-refractivity contribution in [3.8, 4) is 0 Å². The average molecular weight is 324 g/mol. The molecular weight excluding hydrogens is 300 g/mol. The van der Waals surface area contributed by atoms with Crippen molar-refractivity contribution in [1.29, 1.82) is 0 Å². The predicted octanol–water partition coefficient (Wildman–Crippen LogP) is 2.87. The first kappa shape index (κ1) is 16.7. The molecule has 1 atom stereocenters. The summed E-state index contributed by atoms with van der Waals surface area (Å²) in [5, 5.41) is 9.03. The Kier molecular flexibility index (Phi) is 5.28. The lowest BCUT2D eigenvalue weighted by molar-refractivity contribution is -0.139. The Morgan fingerprint density at radius 2 is 1.58 bits per heavy atom. The van der Waals surface area contributed by atoms with Crippen molar-refractivity contribution in [1.82, 2.24) is 9.80 Å². The maximum Gasteiger partial charge on any atom is 0.317 e. The summed E-state index contributed by atoms with van der Waals surface area (Å²) in [6, 6.07) is 21.6. The summed E-state index contributed by atoms with van der Waals surface area (Å²) < 4.78 is 0. The van der Waals surface area contributed by atoms with Gasteiger partial charge in [0, 0.05) is 25.7 Å². The van der Waals surface area contributed by atoms with Crippen LogP contribution in [0.15, 0.2) is 60.7 Å². The fraction of sp³-hybridized carbons (Fsp3) is 0.350. The van der Waals surface area contributed by atoms with Crippen LogP contribution < -0.4 is 0 Å². The fourth-order valence-electron chi connectivity index (χ4n) is 3.61. The van der Waals surface area contributed by atoms with Crippen LogP contribution in [0.4, 0.5) is 0 Å². The maximum atomic E-state index is 11.0. The van der Waals surface area contributed by atoms with Crippen LogP contribution >= 0.6 is 0 Å². The molecule has 1 heterocycles. The lowest BCUT2D eigenvalue weighted by Crippen LogP contribution is -2.54. The van der Waals surface area contributed by atoms with Crippen molar-refractivity contribution < 1.29 is 9.90 Å². The molecule has 0 radical (unpaired) electrons. The maximum absolute atomic E-state index is 11.0. The van der Waals surface area contributed by atoms with Gasteiger partial charge in [0.05, 0.1) is 12.6 Å². The monoisotopic (exact) mass is 324 g/mol. The largest absolute Gasteiger partial charge is 0.480 e. The highest BCUT2D eigenvalue weighted by Crippen LogP contribution is 2.31. The molecule has 1 aliphatic rings. The molecule has 0 saturated carbocycles. The van der Waals surface area contributed by atoms with Crippen LogP contribution in [0.3, 0.4) is 0 Å². The van der Waals surface area contributed by atoms with E-state index in [9.17, 15) is 4.79 Å². The third-order valence-electron chi connectivity index (χ3n) is 4.68. The standard InChI is InChI=1S/C20H24N2O2/c1-16-14-21(15-19(23)24)12-13-22(16)20(17-8-4-2-5-9-17)18-10-6-3-7-11-18/h2-11,16,20H,12-15H2,1H3,(H,23,24)/t16-/m0/s1. The average Bonchev–Trinajstić information content (AvgIpc) is 2.58. The molecule has 4 heteroatoms. The number of carboxylic acids is 1. The summed E-state index contributed by atoms with van der Waals surface area (Å²) in [6.45, 7) is 4.74. The minimum atomic E-state index is -0.752. The smallest absolute Gasteiger partial charge is 0.317 e. The molecule has 2 aromatic carbocycles. The molecular formula is C20H24N2O2. The van der Waals surface area contributed by atoms with E-state index in [1.807, 2.05) is 17.0 Å². The molecule has 2 aromatic rings. The highest BCUT2D eigenvalue weighted by atomic mass is 16.4. The van der Waals surface area contributed by atoms with Gasteiger partial charge in [-0.3, -0.25) is 14.6 Å². The summed E-state index contributed by atoms with van der Waals surface area (Å²) >= 11 is 0. The van der Waals surface area contributed by atoms with Gasteiger partial charge in [0.2, 0.25) is 0 Å². The van der Waals surface area contributed by atoms with Gasteiger partial charge in [0.25, 0.3) is 0 Å². The van der Waals surface area contributed by atoms with Gasteiger partial charge in [-0.15, -0.1) is 0 Å². The van der Waals surface area contributed by atoms with Gasteiger partial charge in [-0.1, -0.05) is 60.7 Å². The molecule has 0 spiro atoms. The Hall–Kier alpha value is -2.17. The quantitative estimate of drug-likeness (QED) is 0.918. The second kappa shape index (κ2) is 7.60. The second-order valence-corrected chi connectivity index (χ2v) is 6.44. The summed E-state index contributed by atoms with van der Waals surface area (Å²) in [7, 11) is 0. The summed E-state index contributed by atoms with van der Waals surface area (Å²) in [5.74, 6) is -0.752. The molecule has 24 heavy (non-hydrogen) atoms. The number of piperazine rings is 1. The number of benzene rings is 2. The third kappa shape index (κ3) is 3.83. The number of carbonyl (C=O) groups is 1. The molecule has 1 saturated heterocycles.